The summed E-state index contributed by atoms with van der Waals surface area (Å²) >= 11 is 2.02. The number of nitrogens with one attached hydrogen (secondary N) is 2. The summed E-state index contributed by atoms with van der Waals surface area (Å²) in [7, 11) is 0. The Kier molecular flexibility index (Phi) is 3.89. The van der Waals surface area contributed by atoms with E-state index in [9.17, 15) is 5.11 Å². The van der Waals surface area contributed by atoms with Gasteiger partial charge in [-0.25, -0.2) is 10.9 Å². The van der Waals surface area contributed by atoms with Crippen molar-refractivity contribution in [2.75, 3.05) is 0 Å². The molecular weight excluding hydrogens is 244 g/mol. The molecule has 98 valence electrons. The lowest BCUT2D eigenvalue weighted by Gasteiger charge is -2.12. The van der Waals surface area contributed by atoms with E-state index < -0.39 is 6.23 Å². The molecular formula is C14H20N2OS. The van der Waals surface area contributed by atoms with Crippen molar-refractivity contribution in [3.8, 4) is 0 Å². The van der Waals surface area contributed by atoms with Gasteiger partial charge in [-0.2, -0.15) is 0 Å². The lowest BCUT2D eigenvalue weighted by atomic mass is 10.1. The molecule has 1 aromatic rings. The average Bonchev–Trinajstić information content (AvgIpc) is 3.02. The van der Waals surface area contributed by atoms with Crippen molar-refractivity contribution in [3.05, 3.63) is 29.8 Å². The van der Waals surface area contributed by atoms with Crippen molar-refractivity contribution in [3.63, 3.8) is 0 Å². The van der Waals surface area contributed by atoms with Gasteiger partial charge >= 0.3 is 0 Å². The van der Waals surface area contributed by atoms with Gasteiger partial charge in [0.15, 0.2) is 0 Å². The molecule has 1 aliphatic heterocycles. The largest absolute Gasteiger partial charge is 0.377 e. The van der Waals surface area contributed by atoms with Gasteiger partial charge in [-0.05, 0) is 30.5 Å². The highest BCUT2D eigenvalue weighted by Crippen LogP contribution is 2.35. The molecule has 3 N–H and O–H groups in total. The Morgan fingerprint density at radius 2 is 1.78 bits per heavy atom. The van der Waals surface area contributed by atoms with Crippen LogP contribution >= 0.6 is 11.8 Å². The maximum absolute atomic E-state index is 9.43. The molecule has 1 saturated heterocycles. The summed E-state index contributed by atoms with van der Waals surface area (Å²) in [6, 6.07) is 9.00. The van der Waals surface area contributed by atoms with Gasteiger partial charge in [-0.1, -0.05) is 25.0 Å². The van der Waals surface area contributed by atoms with E-state index in [4.69, 9.17) is 0 Å². The summed E-state index contributed by atoms with van der Waals surface area (Å²) in [6.07, 6.45) is 5.83. The first-order valence-electron chi connectivity index (χ1n) is 6.77. The Labute approximate surface area is 112 Å². The third-order valence-corrected chi connectivity index (χ3v) is 5.12. The Morgan fingerprint density at radius 3 is 2.39 bits per heavy atom. The van der Waals surface area contributed by atoms with Crippen LogP contribution in [-0.2, 0) is 0 Å². The van der Waals surface area contributed by atoms with Crippen molar-refractivity contribution >= 4 is 11.8 Å². The van der Waals surface area contributed by atoms with Crippen LogP contribution in [0.15, 0.2) is 29.2 Å². The van der Waals surface area contributed by atoms with E-state index in [1.807, 2.05) is 11.8 Å². The van der Waals surface area contributed by atoms with E-state index in [-0.39, 0.29) is 6.04 Å². The summed E-state index contributed by atoms with van der Waals surface area (Å²) in [4.78, 5) is 1.37. The molecule has 18 heavy (non-hydrogen) atoms. The van der Waals surface area contributed by atoms with Gasteiger partial charge in [0.05, 0.1) is 6.04 Å². The Bertz CT molecular complexity index is 389. The number of rotatable bonds is 3. The molecule has 2 aliphatic rings. The number of benzene rings is 1. The zero-order valence-corrected chi connectivity index (χ0v) is 11.2. The fourth-order valence-electron chi connectivity index (χ4n) is 2.73. The van der Waals surface area contributed by atoms with Crippen molar-refractivity contribution < 1.29 is 5.11 Å². The SMILES string of the molecule is OC1CC(c2ccc(SC3CCCC3)cc2)NN1. The molecule has 1 aliphatic carbocycles. The predicted molar refractivity (Wildman–Crippen MR) is 74.2 cm³/mol. The summed E-state index contributed by atoms with van der Waals surface area (Å²) in [6.45, 7) is 0. The van der Waals surface area contributed by atoms with Crippen LogP contribution in [0, 0.1) is 0 Å². The van der Waals surface area contributed by atoms with Crippen LogP contribution in [0.5, 0.6) is 0 Å². The Morgan fingerprint density at radius 1 is 1.06 bits per heavy atom. The van der Waals surface area contributed by atoms with Gasteiger partial charge in [-0.15, -0.1) is 11.8 Å². The van der Waals surface area contributed by atoms with Crippen LogP contribution < -0.4 is 10.9 Å². The monoisotopic (exact) mass is 264 g/mol. The molecule has 0 spiro atoms. The van der Waals surface area contributed by atoms with Crippen molar-refractivity contribution in [2.24, 2.45) is 0 Å². The minimum Gasteiger partial charge on any atom is -0.377 e. The first kappa shape index (κ1) is 12.5. The maximum atomic E-state index is 9.43. The third kappa shape index (κ3) is 2.88. The van der Waals surface area contributed by atoms with E-state index in [0.717, 1.165) is 11.7 Å². The smallest absolute Gasteiger partial charge is 0.119 e. The molecule has 3 nitrogen and oxygen atoms in total. The number of hydrogen-bond acceptors (Lipinski definition) is 4. The van der Waals surface area contributed by atoms with Crippen molar-refractivity contribution in [1.29, 1.82) is 0 Å². The van der Waals surface area contributed by atoms with Crippen LogP contribution in [0.3, 0.4) is 0 Å². The first-order chi connectivity index (χ1) is 8.81. The Balaban J connectivity index is 1.61. The van der Waals surface area contributed by atoms with Crippen molar-refractivity contribution in [2.45, 2.75) is 54.5 Å². The second kappa shape index (κ2) is 5.61. The summed E-state index contributed by atoms with van der Waals surface area (Å²) in [5, 5.41) is 10.3. The van der Waals surface area contributed by atoms with Crippen LogP contribution in [0.4, 0.5) is 0 Å². The van der Waals surface area contributed by atoms with Crippen molar-refractivity contribution in [1.82, 2.24) is 10.9 Å². The van der Waals surface area contributed by atoms with E-state index >= 15 is 0 Å². The molecule has 1 heterocycles. The Hall–Kier alpha value is -0.550. The van der Waals surface area contributed by atoms with E-state index in [2.05, 4.69) is 35.1 Å². The topological polar surface area (TPSA) is 44.3 Å². The molecule has 0 bridgehead atoms. The quantitative estimate of drug-likeness (QED) is 0.785. The number of aliphatic hydroxyl groups excluding tert-OH is 1. The standard InChI is InChI=1S/C14H20N2OS/c17-14-9-13(15-16-14)10-5-7-12(8-6-10)18-11-3-1-2-4-11/h5-8,11,13-17H,1-4,9H2. The molecule has 3 rings (SSSR count). The molecule has 0 amide bonds. The van der Waals surface area contributed by atoms with E-state index in [0.29, 0.717) is 0 Å². The van der Waals surface area contributed by atoms with Gasteiger partial charge in [0.2, 0.25) is 0 Å². The minimum absolute atomic E-state index is 0.227. The molecule has 1 saturated carbocycles. The molecule has 4 heteroatoms. The minimum atomic E-state index is -0.428. The normalized spacial score (nSPS) is 28.9. The summed E-state index contributed by atoms with van der Waals surface area (Å²) in [5.74, 6) is 0. The summed E-state index contributed by atoms with van der Waals surface area (Å²) < 4.78 is 0. The molecule has 0 aromatic heterocycles. The first-order valence-corrected chi connectivity index (χ1v) is 7.65. The number of hydrazine groups is 1. The van der Waals surface area contributed by atoms with Gasteiger partial charge < -0.3 is 5.11 Å². The lowest BCUT2D eigenvalue weighted by Crippen LogP contribution is -2.30. The van der Waals surface area contributed by atoms with Crippen LogP contribution in [0.1, 0.15) is 43.7 Å². The predicted octanol–water partition coefficient (Wildman–Crippen LogP) is 2.58. The fourth-order valence-corrected chi connectivity index (χ4v) is 3.98. The molecule has 2 atom stereocenters. The van der Waals surface area contributed by atoms with Gasteiger partial charge in [0.1, 0.15) is 6.23 Å². The zero-order valence-electron chi connectivity index (χ0n) is 10.4. The van der Waals surface area contributed by atoms with E-state index in [1.165, 1.54) is 36.1 Å². The second-order valence-electron chi connectivity index (χ2n) is 5.19. The highest BCUT2D eigenvalue weighted by molar-refractivity contribution is 8.00. The van der Waals surface area contributed by atoms with Crippen LogP contribution in [0.2, 0.25) is 0 Å². The number of aliphatic hydroxyl groups is 1. The van der Waals surface area contributed by atoms with Gasteiger partial charge in [-0.3, -0.25) is 0 Å². The molecule has 0 radical (unpaired) electrons. The molecule has 2 unspecified atom stereocenters. The highest BCUT2D eigenvalue weighted by atomic mass is 32.2. The molecule has 2 fully saturated rings. The van der Waals surface area contributed by atoms with Crippen LogP contribution in [0.25, 0.3) is 0 Å². The average molecular weight is 264 g/mol. The third-order valence-electron chi connectivity index (χ3n) is 3.77. The van der Waals surface area contributed by atoms with Gasteiger partial charge in [0, 0.05) is 16.6 Å². The maximum Gasteiger partial charge on any atom is 0.119 e. The highest BCUT2D eigenvalue weighted by Gasteiger charge is 2.23. The number of thioether (sulfide) groups is 1. The second-order valence-corrected chi connectivity index (χ2v) is 6.56. The van der Waals surface area contributed by atoms with Crippen LogP contribution in [-0.4, -0.2) is 16.6 Å². The fraction of sp³-hybridized carbons (Fsp3) is 0.571. The molecule has 1 aromatic carbocycles. The lowest BCUT2D eigenvalue weighted by molar-refractivity contribution is 0.153. The zero-order chi connectivity index (χ0) is 12.4. The number of hydrogen-bond donors (Lipinski definition) is 3. The summed E-state index contributed by atoms with van der Waals surface area (Å²) in [5.41, 5.74) is 7.20. The van der Waals surface area contributed by atoms with E-state index in [1.54, 1.807) is 0 Å². The van der Waals surface area contributed by atoms with Gasteiger partial charge in [0.25, 0.3) is 0 Å².